The zero-order valence-electron chi connectivity index (χ0n) is 10.6. The Bertz CT molecular complexity index is 477. The van der Waals surface area contributed by atoms with Crippen LogP contribution in [0.3, 0.4) is 0 Å². The van der Waals surface area contributed by atoms with Crippen LogP contribution >= 0.6 is 0 Å². The number of aromatic nitrogens is 2. The Morgan fingerprint density at radius 3 is 2.63 bits per heavy atom. The molecule has 0 radical (unpaired) electrons. The summed E-state index contributed by atoms with van der Waals surface area (Å²) in [5.41, 5.74) is 0.529. The van der Waals surface area contributed by atoms with Gasteiger partial charge in [-0.1, -0.05) is 0 Å². The molecule has 0 aliphatic heterocycles. The highest BCUT2D eigenvalue weighted by Gasteiger charge is 2.22. The Hall–Kier alpha value is -2.38. The van der Waals surface area contributed by atoms with Crippen LogP contribution < -0.4 is 10.1 Å². The van der Waals surface area contributed by atoms with E-state index < -0.39 is 24.4 Å². The van der Waals surface area contributed by atoms with Gasteiger partial charge in [-0.3, -0.25) is 4.79 Å². The molecule has 0 fully saturated rings. The third kappa shape index (κ3) is 4.09. The molecule has 0 saturated carbocycles. The predicted molar refractivity (Wildman–Crippen MR) is 65.2 cm³/mol. The van der Waals surface area contributed by atoms with E-state index in [1.807, 2.05) is 0 Å². The van der Waals surface area contributed by atoms with E-state index in [9.17, 15) is 9.59 Å². The van der Waals surface area contributed by atoms with Crippen molar-refractivity contribution in [1.29, 1.82) is 0 Å². The Morgan fingerprint density at radius 1 is 1.42 bits per heavy atom. The lowest BCUT2D eigenvalue weighted by Gasteiger charge is -2.15. The lowest BCUT2D eigenvalue weighted by molar-refractivity contribution is -0.144. The Balaban J connectivity index is 2.93. The van der Waals surface area contributed by atoms with E-state index in [1.54, 1.807) is 13.8 Å². The number of rotatable bonds is 7. The molecule has 19 heavy (non-hydrogen) atoms. The first-order valence-electron chi connectivity index (χ1n) is 5.61. The first-order chi connectivity index (χ1) is 8.95. The Kier molecular flexibility index (Phi) is 5.04. The second-order valence-electron chi connectivity index (χ2n) is 3.72. The van der Waals surface area contributed by atoms with Crippen LogP contribution in [0.5, 0.6) is 5.88 Å². The van der Waals surface area contributed by atoms with Crippen molar-refractivity contribution in [2.45, 2.75) is 26.3 Å². The molecular weight excluding hydrogens is 254 g/mol. The summed E-state index contributed by atoms with van der Waals surface area (Å²) in [7, 11) is 0. The van der Waals surface area contributed by atoms with E-state index in [0.29, 0.717) is 18.1 Å². The van der Waals surface area contributed by atoms with E-state index in [1.165, 1.54) is 6.33 Å². The molecule has 0 aliphatic rings. The second-order valence-corrected chi connectivity index (χ2v) is 3.72. The summed E-state index contributed by atoms with van der Waals surface area (Å²) in [5, 5.41) is 20.2. The van der Waals surface area contributed by atoms with Crippen molar-refractivity contribution in [3.63, 3.8) is 0 Å². The topological polar surface area (TPSA) is 122 Å². The molecule has 1 aromatic heterocycles. The normalized spacial score (nSPS) is 11.7. The molecule has 0 bridgehead atoms. The van der Waals surface area contributed by atoms with E-state index in [4.69, 9.17) is 14.9 Å². The highest BCUT2D eigenvalue weighted by atomic mass is 16.5. The molecule has 0 amide bonds. The minimum atomic E-state index is -1.27. The largest absolute Gasteiger partial charge is 0.481 e. The summed E-state index contributed by atoms with van der Waals surface area (Å²) in [4.78, 5) is 29.4. The number of carboxylic acid groups (broad SMARTS) is 2. The molecular formula is C11H15N3O5. The van der Waals surface area contributed by atoms with Gasteiger partial charge in [-0.2, -0.15) is 0 Å². The molecule has 0 aliphatic carbocycles. The molecule has 0 aromatic carbocycles. The molecule has 3 N–H and O–H groups in total. The molecule has 1 unspecified atom stereocenters. The fourth-order valence-corrected chi connectivity index (χ4v) is 1.40. The van der Waals surface area contributed by atoms with Crippen LogP contribution in [-0.4, -0.2) is 44.8 Å². The molecule has 1 aromatic rings. The van der Waals surface area contributed by atoms with Crippen LogP contribution in [0.15, 0.2) is 6.33 Å². The number of nitrogens with one attached hydrogen (secondary N) is 1. The van der Waals surface area contributed by atoms with Crippen LogP contribution in [-0.2, 0) is 9.59 Å². The first-order valence-corrected chi connectivity index (χ1v) is 5.61. The summed E-state index contributed by atoms with van der Waals surface area (Å²) < 4.78 is 5.25. The maximum Gasteiger partial charge on any atom is 0.326 e. The van der Waals surface area contributed by atoms with Crippen molar-refractivity contribution in [2.75, 3.05) is 11.9 Å². The van der Waals surface area contributed by atoms with Gasteiger partial charge in [0.25, 0.3) is 0 Å². The fourth-order valence-electron chi connectivity index (χ4n) is 1.40. The maximum atomic E-state index is 11.0. The molecule has 0 spiro atoms. The smallest absolute Gasteiger partial charge is 0.326 e. The van der Waals surface area contributed by atoms with Crippen LogP contribution in [0.25, 0.3) is 0 Å². The summed E-state index contributed by atoms with van der Waals surface area (Å²) in [6.07, 6.45) is 0.669. The Morgan fingerprint density at radius 2 is 2.11 bits per heavy atom. The number of carbonyl (C=O) groups is 2. The average molecular weight is 269 g/mol. The third-order valence-corrected chi connectivity index (χ3v) is 2.31. The first kappa shape index (κ1) is 14.7. The van der Waals surface area contributed by atoms with Crippen molar-refractivity contribution in [1.82, 2.24) is 9.97 Å². The summed E-state index contributed by atoms with van der Waals surface area (Å²) >= 11 is 0. The SMILES string of the molecule is CCOc1ncnc(NC(CC(=O)O)C(=O)O)c1C. The lowest BCUT2D eigenvalue weighted by atomic mass is 10.2. The van der Waals surface area contributed by atoms with Gasteiger partial charge < -0.3 is 20.3 Å². The number of aliphatic carboxylic acids is 2. The summed E-state index contributed by atoms with van der Waals surface area (Å²) in [6.45, 7) is 3.86. The van der Waals surface area contributed by atoms with Crippen LogP contribution in [0.2, 0.25) is 0 Å². The molecule has 0 saturated heterocycles. The van der Waals surface area contributed by atoms with Crippen molar-refractivity contribution in [3.05, 3.63) is 11.9 Å². The van der Waals surface area contributed by atoms with Gasteiger partial charge in [0.15, 0.2) is 0 Å². The highest BCUT2D eigenvalue weighted by molar-refractivity contribution is 5.83. The van der Waals surface area contributed by atoms with Gasteiger partial charge in [-0.25, -0.2) is 14.8 Å². The van der Waals surface area contributed by atoms with Gasteiger partial charge >= 0.3 is 11.9 Å². The number of anilines is 1. The van der Waals surface area contributed by atoms with Gasteiger partial charge in [0.1, 0.15) is 18.2 Å². The van der Waals surface area contributed by atoms with Gasteiger partial charge in [0, 0.05) is 0 Å². The van der Waals surface area contributed by atoms with E-state index in [2.05, 4.69) is 15.3 Å². The van der Waals surface area contributed by atoms with Crippen molar-refractivity contribution in [3.8, 4) is 5.88 Å². The minimum absolute atomic E-state index is 0.243. The van der Waals surface area contributed by atoms with E-state index >= 15 is 0 Å². The van der Waals surface area contributed by atoms with Gasteiger partial charge in [0.2, 0.25) is 5.88 Å². The van der Waals surface area contributed by atoms with Crippen LogP contribution in [0.1, 0.15) is 18.9 Å². The van der Waals surface area contributed by atoms with Crippen molar-refractivity contribution < 1.29 is 24.5 Å². The molecule has 8 nitrogen and oxygen atoms in total. The van der Waals surface area contributed by atoms with Gasteiger partial charge in [0.05, 0.1) is 18.6 Å². The highest BCUT2D eigenvalue weighted by Crippen LogP contribution is 2.21. The predicted octanol–water partition coefficient (Wildman–Crippen LogP) is 0.524. The number of hydrogen-bond donors (Lipinski definition) is 3. The van der Waals surface area contributed by atoms with Crippen LogP contribution in [0, 0.1) is 6.92 Å². The quantitative estimate of drug-likeness (QED) is 0.655. The van der Waals surface area contributed by atoms with E-state index in [-0.39, 0.29) is 5.82 Å². The fraction of sp³-hybridized carbons (Fsp3) is 0.455. The third-order valence-electron chi connectivity index (χ3n) is 2.31. The number of carboxylic acids is 2. The maximum absolute atomic E-state index is 11.0. The zero-order chi connectivity index (χ0) is 14.4. The number of ether oxygens (including phenoxy) is 1. The molecule has 1 rings (SSSR count). The standard InChI is InChI=1S/C11H15N3O5/c1-3-19-10-6(2)9(12-5-13-10)14-7(11(17)18)4-8(15)16/h5,7H,3-4H2,1-2H3,(H,15,16)(H,17,18)(H,12,13,14). The molecule has 1 heterocycles. The average Bonchev–Trinajstić information content (AvgIpc) is 2.32. The zero-order valence-corrected chi connectivity index (χ0v) is 10.6. The molecule has 104 valence electrons. The van der Waals surface area contributed by atoms with Crippen molar-refractivity contribution >= 4 is 17.8 Å². The Labute approximate surface area is 109 Å². The van der Waals surface area contributed by atoms with Crippen molar-refractivity contribution in [2.24, 2.45) is 0 Å². The van der Waals surface area contributed by atoms with Crippen LogP contribution in [0.4, 0.5) is 5.82 Å². The second kappa shape index (κ2) is 6.53. The summed E-state index contributed by atoms with van der Waals surface area (Å²) in [6, 6.07) is -1.26. The van der Waals surface area contributed by atoms with E-state index in [0.717, 1.165) is 0 Å². The molecule has 8 heteroatoms. The molecule has 1 atom stereocenters. The number of nitrogens with zero attached hydrogens (tertiary/aromatic N) is 2. The van der Waals surface area contributed by atoms with Gasteiger partial charge in [-0.05, 0) is 13.8 Å². The lowest BCUT2D eigenvalue weighted by Crippen LogP contribution is -2.32. The summed E-state index contributed by atoms with van der Waals surface area (Å²) in [5.74, 6) is -1.90. The monoisotopic (exact) mass is 269 g/mol. The minimum Gasteiger partial charge on any atom is -0.481 e. The van der Waals surface area contributed by atoms with Gasteiger partial charge in [-0.15, -0.1) is 0 Å². The number of hydrogen-bond acceptors (Lipinski definition) is 6.